The summed E-state index contributed by atoms with van der Waals surface area (Å²) in [4.78, 5) is 12.6. The van der Waals surface area contributed by atoms with Crippen LogP contribution in [0.1, 0.15) is 66.2 Å². The fourth-order valence-corrected chi connectivity index (χ4v) is 3.27. The molecule has 1 rings (SSSR count). The summed E-state index contributed by atoms with van der Waals surface area (Å²) in [5, 5.41) is 10.1. The molecule has 0 aliphatic heterocycles. The Morgan fingerprint density at radius 2 is 1.95 bits per heavy atom. The van der Waals surface area contributed by atoms with Gasteiger partial charge in [0.2, 0.25) is 0 Å². The van der Waals surface area contributed by atoms with E-state index < -0.39 is 11.5 Å². The molecule has 128 valence electrons. The quantitative estimate of drug-likeness (QED) is 0.547. The van der Waals surface area contributed by atoms with E-state index in [1.54, 1.807) is 0 Å². The molecule has 1 aliphatic carbocycles. The molecule has 0 aromatic rings. The molecule has 0 amide bonds. The Bertz CT molecular complexity index is 377. The van der Waals surface area contributed by atoms with E-state index in [2.05, 4.69) is 20.4 Å². The molecule has 0 aromatic heterocycles. The fraction of sp³-hybridized carbons (Fsp3) is 0.833. The van der Waals surface area contributed by atoms with Crippen molar-refractivity contribution in [1.29, 1.82) is 0 Å². The van der Waals surface area contributed by atoms with Crippen LogP contribution in [-0.2, 0) is 14.3 Å². The molecule has 0 unspecified atom stereocenters. The minimum Gasteiger partial charge on any atom is -0.491 e. The zero-order chi connectivity index (χ0) is 16.8. The van der Waals surface area contributed by atoms with E-state index in [9.17, 15) is 9.90 Å². The van der Waals surface area contributed by atoms with E-state index in [4.69, 9.17) is 9.47 Å². The molecule has 0 saturated heterocycles. The smallest absolute Gasteiger partial charge is 0.319 e. The molecule has 1 N–H and O–H groups in total. The number of hydrogen-bond donors (Lipinski definition) is 1. The molecule has 4 heteroatoms. The highest BCUT2D eigenvalue weighted by atomic mass is 16.5. The van der Waals surface area contributed by atoms with Crippen molar-refractivity contribution in [1.82, 2.24) is 0 Å². The lowest BCUT2D eigenvalue weighted by molar-refractivity contribution is -0.158. The molecule has 0 radical (unpaired) electrons. The minimum atomic E-state index is -0.818. The first-order chi connectivity index (χ1) is 10.4. The molecule has 0 spiro atoms. The van der Waals surface area contributed by atoms with Gasteiger partial charge in [0.25, 0.3) is 0 Å². The number of ether oxygens (including phenoxy) is 2. The van der Waals surface area contributed by atoms with Crippen LogP contribution in [0.25, 0.3) is 0 Å². The Kier molecular flexibility index (Phi) is 7.40. The molecular formula is C18H32O4. The van der Waals surface area contributed by atoms with Gasteiger partial charge in [-0.2, -0.15) is 0 Å². The van der Waals surface area contributed by atoms with Gasteiger partial charge in [0.05, 0.1) is 12.7 Å². The number of rotatable bonds is 8. The molecule has 4 nitrogen and oxygen atoms in total. The predicted molar refractivity (Wildman–Crippen MR) is 87.3 cm³/mol. The summed E-state index contributed by atoms with van der Waals surface area (Å²) < 4.78 is 11.3. The maximum atomic E-state index is 12.6. The summed E-state index contributed by atoms with van der Waals surface area (Å²) >= 11 is 0. The van der Waals surface area contributed by atoms with Crippen LogP contribution in [0.4, 0.5) is 0 Å². The van der Waals surface area contributed by atoms with E-state index in [0.717, 1.165) is 25.7 Å². The van der Waals surface area contributed by atoms with Gasteiger partial charge in [0, 0.05) is 0 Å². The van der Waals surface area contributed by atoms with Crippen LogP contribution in [0.2, 0.25) is 0 Å². The van der Waals surface area contributed by atoms with Crippen LogP contribution in [0, 0.1) is 11.3 Å². The molecule has 22 heavy (non-hydrogen) atoms. The standard InChI is InChI=1S/C18H32O4/c1-6-18(12-13(3)4,17(20)21-7-2)14(5)22-16-11-9-8-10-15(16)19/h13,15-16,19H,5-12H2,1-4H3/t15-,16-,18-/m1/s1. The van der Waals surface area contributed by atoms with Crippen molar-refractivity contribution in [3.63, 3.8) is 0 Å². The second kappa shape index (κ2) is 8.56. The lowest BCUT2D eigenvalue weighted by Gasteiger charge is -2.37. The molecule has 3 atom stereocenters. The molecule has 1 aliphatic rings. The lowest BCUT2D eigenvalue weighted by Crippen LogP contribution is -2.40. The molecular weight excluding hydrogens is 280 g/mol. The Balaban J connectivity index is 2.92. The number of carbonyl (C=O) groups is 1. The largest absolute Gasteiger partial charge is 0.491 e. The van der Waals surface area contributed by atoms with Crippen LogP contribution in [0.5, 0.6) is 0 Å². The van der Waals surface area contributed by atoms with Crippen molar-refractivity contribution < 1.29 is 19.4 Å². The zero-order valence-corrected chi connectivity index (χ0v) is 14.6. The van der Waals surface area contributed by atoms with Crippen LogP contribution < -0.4 is 0 Å². The SMILES string of the molecule is C=C(O[C@@H]1CCCC[C@H]1O)[C@@](CC)(CC(C)C)C(=O)OCC. The highest BCUT2D eigenvalue weighted by Gasteiger charge is 2.44. The Labute approximate surface area is 134 Å². The van der Waals surface area contributed by atoms with Crippen molar-refractivity contribution in [3.8, 4) is 0 Å². The normalized spacial score (nSPS) is 24.6. The van der Waals surface area contributed by atoms with E-state index in [1.807, 2.05) is 13.8 Å². The summed E-state index contributed by atoms with van der Waals surface area (Å²) in [6.07, 6.45) is 4.13. The van der Waals surface area contributed by atoms with Gasteiger partial charge in [-0.05, 0) is 44.9 Å². The fourth-order valence-electron chi connectivity index (χ4n) is 3.27. The third-order valence-electron chi connectivity index (χ3n) is 4.52. The maximum absolute atomic E-state index is 12.6. The number of hydrogen-bond acceptors (Lipinski definition) is 4. The van der Waals surface area contributed by atoms with E-state index >= 15 is 0 Å². The van der Waals surface area contributed by atoms with E-state index in [1.165, 1.54) is 0 Å². The van der Waals surface area contributed by atoms with Crippen LogP contribution in [0.15, 0.2) is 12.3 Å². The molecule has 1 saturated carbocycles. The van der Waals surface area contributed by atoms with E-state index in [0.29, 0.717) is 31.1 Å². The Morgan fingerprint density at radius 3 is 2.45 bits per heavy atom. The molecule has 1 fully saturated rings. The average Bonchev–Trinajstić information content (AvgIpc) is 2.47. The van der Waals surface area contributed by atoms with Gasteiger partial charge in [-0.1, -0.05) is 33.8 Å². The van der Waals surface area contributed by atoms with Crippen molar-refractivity contribution in [2.45, 2.75) is 78.4 Å². The van der Waals surface area contributed by atoms with Crippen LogP contribution in [-0.4, -0.2) is 29.9 Å². The van der Waals surface area contributed by atoms with Crippen LogP contribution in [0.3, 0.4) is 0 Å². The second-order valence-electron chi connectivity index (χ2n) is 6.69. The van der Waals surface area contributed by atoms with Gasteiger partial charge in [-0.25, -0.2) is 0 Å². The Hall–Kier alpha value is -1.03. The third kappa shape index (κ3) is 4.48. The Morgan fingerprint density at radius 1 is 1.32 bits per heavy atom. The summed E-state index contributed by atoms with van der Waals surface area (Å²) in [6, 6.07) is 0. The minimum absolute atomic E-state index is 0.256. The summed E-state index contributed by atoms with van der Waals surface area (Å²) in [7, 11) is 0. The van der Waals surface area contributed by atoms with Gasteiger partial charge < -0.3 is 14.6 Å². The topological polar surface area (TPSA) is 55.8 Å². The monoisotopic (exact) mass is 312 g/mol. The van der Waals surface area contributed by atoms with Crippen molar-refractivity contribution in [2.75, 3.05) is 6.61 Å². The summed E-state index contributed by atoms with van der Waals surface area (Å²) in [6.45, 7) is 12.3. The number of esters is 1. The summed E-state index contributed by atoms with van der Waals surface area (Å²) in [5.74, 6) is 0.510. The first-order valence-electron chi connectivity index (χ1n) is 8.58. The van der Waals surface area contributed by atoms with Crippen molar-refractivity contribution >= 4 is 5.97 Å². The molecule has 0 bridgehead atoms. The highest BCUT2D eigenvalue weighted by Crippen LogP contribution is 2.41. The zero-order valence-electron chi connectivity index (χ0n) is 14.6. The predicted octanol–water partition coefficient (Wildman–Crippen LogP) is 3.83. The molecule has 0 heterocycles. The maximum Gasteiger partial charge on any atom is 0.319 e. The number of carbonyl (C=O) groups excluding carboxylic acids is 1. The van der Waals surface area contributed by atoms with Gasteiger partial charge >= 0.3 is 5.97 Å². The van der Waals surface area contributed by atoms with E-state index in [-0.39, 0.29) is 12.1 Å². The molecule has 0 aromatic carbocycles. The first kappa shape index (κ1) is 19.0. The summed E-state index contributed by atoms with van der Waals surface area (Å²) in [5.41, 5.74) is -0.818. The lowest BCUT2D eigenvalue weighted by atomic mass is 9.76. The van der Waals surface area contributed by atoms with Gasteiger partial charge in [-0.15, -0.1) is 0 Å². The van der Waals surface area contributed by atoms with Gasteiger partial charge in [0.15, 0.2) is 0 Å². The average molecular weight is 312 g/mol. The highest BCUT2D eigenvalue weighted by molar-refractivity contribution is 5.80. The van der Waals surface area contributed by atoms with Crippen molar-refractivity contribution in [2.24, 2.45) is 11.3 Å². The second-order valence-corrected chi connectivity index (χ2v) is 6.69. The van der Waals surface area contributed by atoms with Gasteiger partial charge in [0.1, 0.15) is 17.3 Å². The number of aliphatic hydroxyl groups is 1. The van der Waals surface area contributed by atoms with Gasteiger partial charge in [-0.3, -0.25) is 4.79 Å². The first-order valence-corrected chi connectivity index (χ1v) is 8.58. The van der Waals surface area contributed by atoms with Crippen LogP contribution >= 0.6 is 0 Å². The van der Waals surface area contributed by atoms with Crippen molar-refractivity contribution in [3.05, 3.63) is 12.3 Å². The number of aliphatic hydroxyl groups excluding tert-OH is 1. The third-order valence-corrected chi connectivity index (χ3v) is 4.52.